The van der Waals surface area contributed by atoms with Crippen molar-refractivity contribution in [2.45, 2.75) is 13.3 Å². The summed E-state index contributed by atoms with van der Waals surface area (Å²) in [5.41, 5.74) is 1.26. The molecule has 0 radical (unpaired) electrons. The zero-order chi connectivity index (χ0) is 25.7. The Bertz CT molecular complexity index is 1610. The lowest BCUT2D eigenvalue weighted by molar-refractivity contribution is -0.576. The molecular formula is C27H19ClN4O5. The van der Waals surface area contributed by atoms with Gasteiger partial charge in [-0.3, -0.25) is 9.59 Å². The van der Waals surface area contributed by atoms with Crippen LogP contribution in [0.15, 0.2) is 73.1 Å². The summed E-state index contributed by atoms with van der Waals surface area (Å²) in [4.78, 5) is 28.9. The number of imide groups is 1. The van der Waals surface area contributed by atoms with Gasteiger partial charge in [-0.15, -0.1) is 0 Å². The molecule has 4 aromatic rings. The van der Waals surface area contributed by atoms with E-state index in [-0.39, 0.29) is 23.6 Å². The second kappa shape index (κ2) is 8.79. The molecule has 2 aliphatic heterocycles. The maximum atomic E-state index is 14.0. The topological polar surface area (TPSA) is 101 Å². The number of aromatic nitrogens is 3. The Morgan fingerprint density at radius 3 is 2.51 bits per heavy atom. The SMILES string of the molecule is CCc1nn(-c2cccc(Cl)c2)c([O-])c1C1=C([n+]2ccccc2)C(=O)N(c2ccc3c(c2)OCO3)C1=O. The predicted octanol–water partition coefficient (Wildman–Crippen LogP) is 3.12. The van der Waals surface area contributed by atoms with Gasteiger partial charge in [-0.25, -0.2) is 9.58 Å². The molecule has 4 heterocycles. The number of nitrogens with zero attached hydrogens (tertiary/aromatic N) is 4. The number of halogens is 1. The highest BCUT2D eigenvalue weighted by Gasteiger charge is 2.47. The van der Waals surface area contributed by atoms with Gasteiger partial charge in [-0.05, 0) is 42.6 Å². The van der Waals surface area contributed by atoms with Crippen molar-refractivity contribution in [3.8, 4) is 23.1 Å². The third-order valence-electron chi connectivity index (χ3n) is 6.20. The standard InChI is InChI=1S/C27H19ClN4O5/c1-2-19-22(26(34)32(29-19)18-8-6-7-16(28)13-18)23-24(30-11-4-3-5-12-30)27(35)31(25(23)33)17-9-10-20-21(14-17)37-15-36-20/h3-14H,2,15H2,1H3. The molecule has 0 atom stereocenters. The van der Waals surface area contributed by atoms with Crippen molar-refractivity contribution in [1.82, 2.24) is 9.78 Å². The first kappa shape index (κ1) is 22.8. The lowest BCUT2D eigenvalue weighted by atomic mass is 10.0. The van der Waals surface area contributed by atoms with Crippen molar-refractivity contribution in [2.24, 2.45) is 0 Å². The number of hydrogen-bond acceptors (Lipinski definition) is 6. The number of amides is 2. The summed E-state index contributed by atoms with van der Waals surface area (Å²) in [6.07, 6.45) is 3.67. The van der Waals surface area contributed by atoms with Gasteiger partial charge in [0.15, 0.2) is 23.9 Å². The second-order valence-electron chi connectivity index (χ2n) is 8.36. The van der Waals surface area contributed by atoms with Gasteiger partial charge in [0.05, 0.1) is 17.1 Å². The predicted molar refractivity (Wildman–Crippen MR) is 132 cm³/mol. The number of benzene rings is 2. The molecule has 2 aromatic carbocycles. The molecule has 184 valence electrons. The van der Waals surface area contributed by atoms with Crippen molar-refractivity contribution in [3.05, 3.63) is 89.3 Å². The normalized spacial score (nSPS) is 14.7. The fourth-order valence-corrected chi connectivity index (χ4v) is 4.70. The lowest BCUT2D eigenvalue weighted by Crippen LogP contribution is -2.39. The van der Waals surface area contributed by atoms with Crippen LogP contribution in [-0.4, -0.2) is 28.4 Å². The van der Waals surface area contributed by atoms with Crippen molar-refractivity contribution in [1.29, 1.82) is 0 Å². The molecule has 0 N–H and O–H groups in total. The van der Waals surface area contributed by atoms with E-state index in [9.17, 15) is 14.7 Å². The minimum Gasteiger partial charge on any atom is -0.858 e. The van der Waals surface area contributed by atoms with E-state index < -0.39 is 17.7 Å². The highest BCUT2D eigenvalue weighted by atomic mass is 35.5. The maximum absolute atomic E-state index is 14.0. The third-order valence-corrected chi connectivity index (χ3v) is 6.44. The molecule has 0 fully saturated rings. The van der Waals surface area contributed by atoms with E-state index in [4.69, 9.17) is 21.1 Å². The van der Waals surface area contributed by atoms with Gasteiger partial charge in [0.1, 0.15) is 5.57 Å². The Hall–Kier alpha value is -4.63. The molecule has 2 amide bonds. The minimum atomic E-state index is -0.632. The average Bonchev–Trinajstić information content (AvgIpc) is 3.57. The van der Waals surface area contributed by atoms with E-state index in [1.54, 1.807) is 73.1 Å². The number of carbonyl (C=O) groups is 2. The quantitative estimate of drug-likeness (QED) is 0.300. The molecule has 37 heavy (non-hydrogen) atoms. The van der Waals surface area contributed by atoms with Crippen molar-refractivity contribution in [2.75, 3.05) is 11.7 Å². The second-order valence-corrected chi connectivity index (χ2v) is 8.80. The number of hydrogen-bond donors (Lipinski definition) is 0. The van der Waals surface area contributed by atoms with Crippen molar-refractivity contribution in [3.63, 3.8) is 0 Å². The monoisotopic (exact) mass is 514 g/mol. The molecule has 2 aromatic heterocycles. The summed E-state index contributed by atoms with van der Waals surface area (Å²) < 4.78 is 13.6. The molecule has 0 bridgehead atoms. The highest BCUT2D eigenvalue weighted by molar-refractivity contribution is 6.53. The fourth-order valence-electron chi connectivity index (χ4n) is 4.52. The largest absolute Gasteiger partial charge is 0.858 e. The van der Waals surface area contributed by atoms with Crippen LogP contribution in [0.1, 0.15) is 18.2 Å². The van der Waals surface area contributed by atoms with Crippen LogP contribution in [-0.2, 0) is 16.0 Å². The maximum Gasteiger partial charge on any atom is 0.331 e. The van der Waals surface area contributed by atoms with Crippen molar-refractivity contribution < 1.29 is 28.7 Å². The Kier molecular flexibility index (Phi) is 5.42. The average molecular weight is 515 g/mol. The van der Waals surface area contributed by atoms with E-state index in [2.05, 4.69) is 5.10 Å². The zero-order valence-electron chi connectivity index (χ0n) is 19.6. The van der Waals surface area contributed by atoms with Crippen LogP contribution in [0.5, 0.6) is 17.4 Å². The Morgan fingerprint density at radius 2 is 1.76 bits per heavy atom. The summed E-state index contributed by atoms with van der Waals surface area (Å²) in [6, 6.07) is 16.8. The van der Waals surface area contributed by atoms with Gasteiger partial charge >= 0.3 is 5.91 Å². The van der Waals surface area contributed by atoms with E-state index in [1.807, 2.05) is 6.92 Å². The lowest BCUT2D eigenvalue weighted by Gasteiger charge is -2.16. The first-order valence-electron chi connectivity index (χ1n) is 11.5. The summed E-state index contributed by atoms with van der Waals surface area (Å²) >= 11 is 6.15. The van der Waals surface area contributed by atoms with Gasteiger partial charge in [0, 0.05) is 28.8 Å². The van der Waals surface area contributed by atoms with Crippen molar-refractivity contribution >= 4 is 40.4 Å². The fraction of sp³-hybridized carbons (Fsp3) is 0.111. The molecule has 0 spiro atoms. The van der Waals surface area contributed by atoms with Crippen LogP contribution in [0.2, 0.25) is 5.02 Å². The molecule has 2 aliphatic rings. The molecular weight excluding hydrogens is 496 g/mol. The minimum absolute atomic E-state index is 0.0194. The molecule has 0 aliphatic carbocycles. The summed E-state index contributed by atoms with van der Waals surface area (Å²) in [5.74, 6) is -0.781. The summed E-state index contributed by atoms with van der Waals surface area (Å²) in [6.45, 7) is 1.89. The van der Waals surface area contributed by atoms with Crippen LogP contribution >= 0.6 is 11.6 Å². The number of ether oxygens (including phenoxy) is 2. The van der Waals surface area contributed by atoms with Crippen LogP contribution in [0.3, 0.4) is 0 Å². The Labute approximate surface area is 216 Å². The van der Waals surface area contributed by atoms with Gasteiger partial charge in [0.2, 0.25) is 6.79 Å². The van der Waals surface area contributed by atoms with Crippen LogP contribution in [0, 0.1) is 0 Å². The van der Waals surface area contributed by atoms with Gasteiger partial charge in [-0.1, -0.05) is 30.7 Å². The van der Waals surface area contributed by atoms with Gasteiger partial charge in [-0.2, -0.15) is 9.67 Å². The van der Waals surface area contributed by atoms with E-state index >= 15 is 0 Å². The molecule has 10 heteroatoms. The van der Waals surface area contributed by atoms with Crippen LogP contribution in [0.4, 0.5) is 5.69 Å². The van der Waals surface area contributed by atoms with E-state index in [0.29, 0.717) is 40.0 Å². The Morgan fingerprint density at radius 1 is 0.973 bits per heavy atom. The number of rotatable bonds is 5. The number of carbonyl (C=O) groups excluding carboxylic acids is 2. The first-order valence-corrected chi connectivity index (χ1v) is 11.9. The zero-order valence-corrected chi connectivity index (χ0v) is 20.3. The number of fused-ring (bicyclic) bond motifs is 1. The summed E-state index contributed by atoms with van der Waals surface area (Å²) in [7, 11) is 0. The van der Waals surface area contributed by atoms with Gasteiger partial charge < -0.3 is 14.6 Å². The number of pyridine rings is 1. The Balaban J connectivity index is 1.56. The number of anilines is 1. The van der Waals surface area contributed by atoms with Crippen LogP contribution in [0.25, 0.3) is 17.0 Å². The third kappa shape index (κ3) is 3.63. The summed E-state index contributed by atoms with van der Waals surface area (Å²) in [5, 5.41) is 18.7. The molecule has 0 saturated heterocycles. The van der Waals surface area contributed by atoms with Gasteiger partial charge in [0.25, 0.3) is 11.6 Å². The smallest absolute Gasteiger partial charge is 0.331 e. The molecule has 0 unspecified atom stereocenters. The van der Waals surface area contributed by atoms with E-state index in [0.717, 1.165) is 4.90 Å². The molecule has 0 saturated carbocycles. The number of aryl methyl sites for hydroxylation is 1. The molecule has 9 nitrogen and oxygen atoms in total. The highest BCUT2D eigenvalue weighted by Crippen LogP contribution is 2.41. The van der Waals surface area contributed by atoms with Crippen LogP contribution < -0.4 is 24.0 Å². The molecule has 6 rings (SSSR count). The van der Waals surface area contributed by atoms with E-state index in [1.165, 1.54) is 9.25 Å². The first-order chi connectivity index (χ1) is 18.0.